The molecule has 0 saturated carbocycles. The standard InChI is InChI=1S/C33H30F2N6O3/c1-21-19-40-30(32(43)41(21)26-11-8-24(9-12-26)33(34,35)23-6-4-3-5-7-23)28(18-37-40)31(42)38-25-10-13-29(22(16-25)17-36)44-27-14-15-39(2)20-27/h3-13,16,18,21,27H,14-15,19-20H2,1-2H3,(H,38,42). The van der Waals surface area contributed by atoms with Gasteiger partial charge in [-0.3, -0.25) is 14.3 Å². The molecule has 0 spiro atoms. The van der Waals surface area contributed by atoms with Crippen LogP contribution >= 0.6 is 0 Å². The van der Waals surface area contributed by atoms with E-state index in [4.69, 9.17) is 4.74 Å². The summed E-state index contributed by atoms with van der Waals surface area (Å²) in [6.07, 6.45) is 2.18. The summed E-state index contributed by atoms with van der Waals surface area (Å²) in [5, 5.41) is 16.7. The summed E-state index contributed by atoms with van der Waals surface area (Å²) < 4.78 is 37.7. The lowest BCUT2D eigenvalue weighted by molar-refractivity contribution is 0.0428. The molecule has 1 N–H and O–H groups in total. The van der Waals surface area contributed by atoms with E-state index in [0.29, 0.717) is 23.7 Å². The number of alkyl halides is 2. The van der Waals surface area contributed by atoms with E-state index in [1.807, 2.05) is 14.0 Å². The third kappa shape index (κ3) is 5.40. The van der Waals surface area contributed by atoms with E-state index < -0.39 is 17.7 Å². The SMILES string of the molecule is CC1Cn2ncc(C(=O)Nc3ccc(OC4CCN(C)C4)c(C#N)c3)c2C(=O)N1c1ccc(C(F)(F)c2ccccc2)cc1. The highest BCUT2D eigenvalue weighted by Crippen LogP contribution is 2.37. The number of nitriles is 1. The van der Waals surface area contributed by atoms with Crippen LogP contribution in [0, 0.1) is 11.3 Å². The third-order valence-corrected chi connectivity index (χ3v) is 8.03. The van der Waals surface area contributed by atoms with E-state index in [9.17, 15) is 14.9 Å². The highest BCUT2D eigenvalue weighted by Gasteiger charge is 2.37. The van der Waals surface area contributed by atoms with Crippen LogP contribution in [0.2, 0.25) is 0 Å². The van der Waals surface area contributed by atoms with Gasteiger partial charge in [0, 0.05) is 35.6 Å². The minimum absolute atomic E-state index is 0.0145. The number of halogens is 2. The first-order valence-corrected chi connectivity index (χ1v) is 14.3. The smallest absolute Gasteiger partial charge is 0.298 e. The van der Waals surface area contributed by atoms with Gasteiger partial charge in [-0.25, -0.2) is 0 Å². The first-order valence-electron chi connectivity index (χ1n) is 14.3. The molecule has 4 aromatic rings. The molecule has 0 aliphatic carbocycles. The number of carbonyl (C=O) groups is 2. The maximum atomic E-state index is 15.1. The van der Waals surface area contributed by atoms with Gasteiger partial charge in [-0.05, 0) is 50.7 Å². The lowest BCUT2D eigenvalue weighted by Gasteiger charge is -2.34. The minimum Gasteiger partial charge on any atom is -0.488 e. The second kappa shape index (κ2) is 11.5. The Kier molecular flexibility index (Phi) is 7.61. The number of anilines is 2. The van der Waals surface area contributed by atoms with Gasteiger partial charge in [-0.15, -0.1) is 0 Å². The van der Waals surface area contributed by atoms with Crippen LogP contribution in [0.3, 0.4) is 0 Å². The monoisotopic (exact) mass is 596 g/mol. The summed E-state index contributed by atoms with van der Waals surface area (Å²) >= 11 is 0. The summed E-state index contributed by atoms with van der Waals surface area (Å²) in [4.78, 5) is 30.8. The summed E-state index contributed by atoms with van der Waals surface area (Å²) in [5.74, 6) is -3.80. The van der Waals surface area contributed by atoms with Gasteiger partial charge in [-0.1, -0.05) is 42.5 Å². The van der Waals surface area contributed by atoms with Crippen LogP contribution in [0.4, 0.5) is 20.2 Å². The average Bonchev–Trinajstić information content (AvgIpc) is 3.64. The second-order valence-corrected chi connectivity index (χ2v) is 11.2. The van der Waals surface area contributed by atoms with Crippen LogP contribution in [0.25, 0.3) is 0 Å². The average molecular weight is 597 g/mol. The quantitative estimate of drug-likeness (QED) is 0.312. The van der Waals surface area contributed by atoms with Gasteiger partial charge in [0.25, 0.3) is 17.7 Å². The Morgan fingerprint density at radius 2 is 1.80 bits per heavy atom. The fraction of sp³-hybridized carbons (Fsp3) is 0.273. The number of likely N-dealkylation sites (N-methyl/N-ethyl adjacent to an activating group) is 1. The fourth-order valence-corrected chi connectivity index (χ4v) is 5.75. The predicted octanol–water partition coefficient (Wildman–Crippen LogP) is 5.28. The van der Waals surface area contributed by atoms with Gasteiger partial charge >= 0.3 is 0 Å². The number of aromatic nitrogens is 2. The summed E-state index contributed by atoms with van der Waals surface area (Å²) in [6, 6.07) is 19.7. The van der Waals surface area contributed by atoms with Crippen molar-refractivity contribution in [3.8, 4) is 11.8 Å². The van der Waals surface area contributed by atoms with Gasteiger partial charge in [0.05, 0.1) is 29.9 Å². The first-order chi connectivity index (χ1) is 21.2. The fourth-order valence-electron chi connectivity index (χ4n) is 5.75. The molecule has 2 unspecified atom stereocenters. The number of benzene rings is 3. The first kappa shape index (κ1) is 29.0. The summed E-state index contributed by atoms with van der Waals surface area (Å²) in [7, 11) is 2.01. The van der Waals surface area contributed by atoms with Crippen LogP contribution in [-0.2, 0) is 12.5 Å². The van der Waals surface area contributed by atoms with Gasteiger partial charge in [-0.2, -0.15) is 19.1 Å². The van der Waals surface area contributed by atoms with Crippen LogP contribution in [0.15, 0.2) is 79.0 Å². The van der Waals surface area contributed by atoms with E-state index in [0.717, 1.165) is 19.5 Å². The zero-order chi connectivity index (χ0) is 31.0. The number of likely N-dealkylation sites (tertiary alicyclic amines) is 1. The predicted molar refractivity (Wildman–Crippen MR) is 160 cm³/mol. The Labute approximate surface area is 253 Å². The Balaban J connectivity index is 1.21. The topological polar surface area (TPSA) is 103 Å². The molecule has 2 amide bonds. The molecule has 224 valence electrons. The van der Waals surface area contributed by atoms with Crippen molar-refractivity contribution in [1.29, 1.82) is 5.26 Å². The van der Waals surface area contributed by atoms with Gasteiger partial charge in [0.2, 0.25) is 0 Å². The molecule has 1 fully saturated rings. The molecular weight excluding hydrogens is 566 g/mol. The molecule has 3 heterocycles. The molecule has 11 heteroatoms. The van der Waals surface area contributed by atoms with Crippen LogP contribution in [0.5, 0.6) is 5.75 Å². The number of rotatable bonds is 7. The van der Waals surface area contributed by atoms with E-state index in [1.54, 1.807) is 30.3 Å². The maximum Gasteiger partial charge on any atom is 0.298 e. The van der Waals surface area contributed by atoms with Crippen LogP contribution in [0.1, 0.15) is 50.9 Å². The molecule has 0 bridgehead atoms. The van der Waals surface area contributed by atoms with Crippen molar-refractivity contribution >= 4 is 23.2 Å². The zero-order valence-corrected chi connectivity index (χ0v) is 24.2. The van der Waals surface area contributed by atoms with Crippen molar-refractivity contribution in [1.82, 2.24) is 14.7 Å². The zero-order valence-electron chi connectivity index (χ0n) is 24.2. The van der Waals surface area contributed by atoms with E-state index in [-0.39, 0.29) is 40.1 Å². The molecule has 3 aromatic carbocycles. The third-order valence-electron chi connectivity index (χ3n) is 8.03. The molecule has 2 atom stereocenters. The molecule has 1 saturated heterocycles. The Morgan fingerprint density at radius 1 is 1.07 bits per heavy atom. The Morgan fingerprint density at radius 3 is 2.48 bits per heavy atom. The molecule has 2 aliphatic heterocycles. The summed E-state index contributed by atoms with van der Waals surface area (Å²) in [6.45, 7) is 3.81. The Hall–Kier alpha value is -5.08. The second-order valence-electron chi connectivity index (χ2n) is 11.2. The number of fused-ring (bicyclic) bond motifs is 1. The van der Waals surface area contributed by atoms with Crippen molar-refractivity contribution in [2.45, 2.75) is 38.0 Å². The van der Waals surface area contributed by atoms with Crippen molar-refractivity contribution in [3.05, 3.63) is 107 Å². The summed E-state index contributed by atoms with van der Waals surface area (Å²) in [5.41, 5.74) is 0.907. The van der Waals surface area contributed by atoms with Crippen molar-refractivity contribution < 1.29 is 23.1 Å². The number of amides is 2. The maximum absolute atomic E-state index is 15.1. The van der Waals surface area contributed by atoms with E-state index in [2.05, 4.69) is 21.4 Å². The van der Waals surface area contributed by atoms with E-state index in [1.165, 1.54) is 58.2 Å². The molecule has 1 aromatic heterocycles. The van der Waals surface area contributed by atoms with Gasteiger partial charge < -0.3 is 19.9 Å². The number of ether oxygens (including phenoxy) is 1. The number of carbonyl (C=O) groups excluding carboxylic acids is 2. The normalized spacial score (nSPS) is 18.5. The number of hydrogen-bond donors (Lipinski definition) is 1. The van der Waals surface area contributed by atoms with Crippen LogP contribution < -0.4 is 15.0 Å². The van der Waals surface area contributed by atoms with Crippen LogP contribution in [-0.4, -0.2) is 58.8 Å². The van der Waals surface area contributed by atoms with Crippen molar-refractivity contribution in [2.24, 2.45) is 0 Å². The Bertz CT molecular complexity index is 1750. The largest absolute Gasteiger partial charge is 0.488 e. The number of nitrogens with zero attached hydrogens (tertiary/aromatic N) is 5. The molecule has 0 radical (unpaired) electrons. The highest BCUT2D eigenvalue weighted by molar-refractivity contribution is 6.15. The number of nitrogens with one attached hydrogen (secondary N) is 1. The van der Waals surface area contributed by atoms with E-state index >= 15 is 8.78 Å². The molecular formula is C33H30F2N6O3. The lowest BCUT2D eigenvalue weighted by atomic mass is 9.99. The minimum atomic E-state index is -3.20. The highest BCUT2D eigenvalue weighted by atomic mass is 19.3. The number of hydrogen-bond acceptors (Lipinski definition) is 6. The van der Waals surface area contributed by atoms with Crippen molar-refractivity contribution in [3.63, 3.8) is 0 Å². The van der Waals surface area contributed by atoms with Gasteiger partial charge in [0.1, 0.15) is 23.6 Å². The molecule has 9 nitrogen and oxygen atoms in total. The lowest BCUT2D eigenvalue weighted by Crippen LogP contribution is -2.47. The molecule has 2 aliphatic rings. The molecule has 44 heavy (non-hydrogen) atoms. The van der Waals surface area contributed by atoms with Crippen molar-refractivity contribution in [2.75, 3.05) is 30.4 Å². The van der Waals surface area contributed by atoms with Gasteiger partial charge in [0.15, 0.2) is 0 Å². The molecule has 6 rings (SSSR count).